The van der Waals surface area contributed by atoms with Crippen LogP contribution in [0.3, 0.4) is 0 Å². The smallest absolute Gasteiger partial charge is 0.275 e. The Bertz CT molecular complexity index is 919. The van der Waals surface area contributed by atoms with E-state index in [1.165, 1.54) is 24.5 Å². The summed E-state index contributed by atoms with van der Waals surface area (Å²) in [6, 6.07) is 8.63. The summed E-state index contributed by atoms with van der Waals surface area (Å²) in [5, 5.41) is 12.7. The molecule has 0 aliphatic heterocycles. The van der Waals surface area contributed by atoms with E-state index in [-0.39, 0.29) is 21.7 Å². The average Bonchev–Trinajstić information content (AvgIpc) is 3.25. The maximum absolute atomic E-state index is 12.5. The van der Waals surface area contributed by atoms with Crippen molar-refractivity contribution in [3.05, 3.63) is 40.7 Å². The lowest BCUT2D eigenvalue weighted by molar-refractivity contribution is 0.565. The molecule has 3 aromatic heterocycles. The fraction of sp³-hybridized carbons (Fsp3) is 0.0769. The third-order valence-corrected chi connectivity index (χ3v) is 6.81. The molecule has 0 saturated carbocycles. The Morgan fingerprint density at radius 1 is 1.27 bits per heavy atom. The number of rotatable bonds is 4. The summed E-state index contributed by atoms with van der Waals surface area (Å²) in [7, 11) is -2.42. The Kier molecular flexibility index (Phi) is 3.74. The molecule has 22 heavy (non-hydrogen) atoms. The molecule has 0 saturated heterocycles. The van der Waals surface area contributed by atoms with Crippen molar-refractivity contribution in [2.75, 3.05) is 11.4 Å². The van der Waals surface area contributed by atoms with Crippen molar-refractivity contribution < 1.29 is 12.8 Å². The molecular weight excluding hydrogens is 342 g/mol. The summed E-state index contributed by atoms with van der Waals surface area (Å²) in [5.41, 5.74) is -0.0639. The SMILES string of the molecule is CN(c1oc(-c2cccs2)nc1C#N)S(=O)(=O)c1cccs1. The molecule has 0 fully saturated rings. The van der Waals surface area contributed by atoms with Gasteiger partial charge in [0.15, 0.2) is 0 Å². The zero-order valence-corrected chi connectivity index (χ0v) is 13.7. The fourth-order valence-corrected chi connectivity index (χ4v) is 4.71. The van der Waals surface area contributed by atoms with Gasteiger partial charge in [-0.25, -0.2) is 12.7 Å². The van der Waals surface area contributed by atoms with Crippen LogP contribution in [0.25, 0.3) is 10.8 Å². The van der Waals surface area contributed by atoms with Crippen molar-refractivity contribution in [1.29, 1.82) is 5.26 Å². The molecule has 3 heterocycles. The van der Waals surface area contributed by atoms with E-state index in [0.29, 0.717) is 0 Å². The van der Waals surface area contributed by atoms with Gasteiger partial charge in [-0.05, 0) is 22.9 Å². The molecule has 0 amide bonds. The van der Waals surface area contributed by atoms with Crippen molar-refractivity contribution >= 4 is 38.6 Å². The predicted octanol–water partition coefficient (Wildman–Crippen LogP) is 3.16. The first-order valence-electron chi connectivity index (χ1n) is 6.01. The molecule has 3 rings (SSSR count). The molecular formula is C13H9N3O3S3. The standard InChI is InChI=1S/C13H9N3O3S3/c1-16(22(17,18)11-5-3-7-21-11)13-9(8-14)15-12(19-13)10-4-2-6-20-10/h2-7H,1H3. The fourth-order valence-electron chi connectivity index (χ4n) is 1.76. The summed E-state index contributed by atoms with van der Waals surface area (Å²) in [4.78, 5) is 4.79. The maximum atomic E-state index is 12.5. The highest BCUT2D eigenvalue weighted by Crippen LogP contribution is 2.33. The number of hydrogen-bond acceptors (Lipinski definition) is 7. The summed E-state index contributed by atoms with van der Waals surface area (Å²) < 4.78 is 31.6. The van der Waals surface area contributed by atoms with E-state index >= 15 is 0 Å². The monoisotopic (exact) mass is 351 g/mol. The molecule has 3 aromatic rings. The van der Waals surface area contributed by atoms with Crippen molar-refractivity contribution in [3.8, 4) is 16.8 Å². The molecule has 112 valence electrons. The number of oxazole rings is 1. The zero-order chi connectivity index (χ0) is 15.7. The highest BCUT2D eigenvalue weighted by molar-refractivity contribution is 7.94. The minimum Gasteiger partial charge on any atom is -0.417 e. The van der Waals surface area contributed by atoms with Crippen LogP contribution in [0.1, 0.15) is 5.69 Å². The second-order valence-corrected chi connectivity index (χ2v) is 8.26. The molecule has 0 aromatic carbocycles. The van der Waals surface area contributed by atoms with Crippen LogP contribution in [0.15, 0.2) is 43.7 Å². The van der Waals surface area contributed by atoms with Crippen LogP contribution in [0, 0.1) is 11.3 Å². The van der Waals surface area contributed by atoms with Gasteiger partial charge in [-0.1, -0.05) is 12.1 Å². The number of nitrogens with zero attached hydrogens (tertiary/aromatic N) is 3. The second kappa shape index (κ2) is 5.57. The van der Waals surface area contributed by atoms with E-state index in [1.54, 1.807) is 17.5 Å². The number of nitriles is 1. The summed E-state index contributed by atoms with van der Waals surface area (Å²) in [5.74, 6) is 0.147. The Morgan fingerprint density at radius 3 is 2.59 bits per heavy atom. The number of thiophene rings is 2. The maximum Gasteiger partial charge on any atom is 0.275 e. The first-order valence-corrected chi connectivity index (χ1v) is 9.21. The molecule has 6 nitrogen and oxygen atoms in total. The Labute approximate surface area is 134 Å². The predicted molar refractivity (Wildman–Crippen MR) is 84.4 cm³/mol. The van der Waals surface area contributed by atoms with E-state index in [2.05, 4.69) is 4.98 Å². The van der Waals surface area contributed by atoms with E-state index in [4.69, 9.17) is 4.42 Å². The first-order chi connectivity index (χ1) is 10.5. The first kappa shape index (κ1) is 14.8. The van der Waals surface area contributed by atoms with Crippen LogP contribution in [-0.4, -0.2) is 20.4 Å². The van der Waals surface area contributed by atoms with Crippen molar-refractivity contribution in [3.63, 3.8) is 0 Å². The molecule has 0 radical (unpaired) electrons. The molecule has 0 spiro atoms. The summed E-state index contributed by atoms with van der Waals surface area (Å²) >= 11 is 2.49. The van der Waals surface area contributed by atoms with Gasteiger partial charge in [-0.2, -0.15) is 10.2 Å². The molecule has 9 heteroatoms. The molecule has 0 bridgehead atoms. The normalized spacial score (nSPS) is 11.3. The van der Waals surface area contributed by atoms with E-state index in [1.807, 2.05) is 17.5 Å². The third kappa shape index (κ3) is 2.41. The van der Waals surface area contributed by atoms with Gasteiger partial charge >= 0.3 is 0 Å². The van der Waals surface area contributed by atoms with Crippen LogP contribution in [-0.2, 0) is 10.0 Å². The zero-order valence-electron chi connectivity index (χ0n) is 11.3. The largest absolute Gasteiger partial charge is 0.417 e. The highest BCUT2D eigenvalue weighted by Gasteiger charge is 2.29. The third-order valence-electron chi connectivity index (χ3n) is 2.84. The second-order valence-electron chi connectivity index (χ2n) is 4.17. The molecule has 0 unspecified atom stereocenters. The lowest BCUT2D eigenvalue weighted by atomic mass is 10.4. The van der Waals surface area contributed by atoms with Crippen molar-refractivity contribution in [1.82, 2.24) is 4.98 Å². The average molecular weight is 351 g/mol. The van der Waals surface area contributed by atoms with Gasteiger partial charge in [-0.3, -0.25) is 0 Å². The molecule has 0 atom stereocenters. The van der Waals surface area contributed by atoms with Crippen LogP contribution in [0.4, 0.5) is 5.88 Å². The number of anilines is 1. The number of hydrogen-bond donors (Lipinski definition) is 0. The van der Waals surface area contributed by atoms with Crippen LogP contribution < -0.4 is 4.31 Å². The highest BCUT2D eigenvalue weighted by atomic mass is 32.2. The van der Waals surface area contributed by atoms with Crippen LogP contribution in [0.5, 0.6) is 0 Å². The molecule has 0 N–H and O–H groups in total. The Morgan fingerprint density at radius 2 is 2.00 bits per heavy atom. The van der Waals surface area contributed by atoms with Crippen LogP contribution >= 0.6 is 22.7 Å². The Hall–Kier alpha value is -2.15. The van der Waals surface area contributed by atoms with Crippen LogP contribution in [0.2, 0.25) is 0 Å². The van der Waals surface area contributed by atoms with E-state index in [0.717, 1.165) is 20.5 Å². The van der Waals surface area contributed by atoms with Gasteiger partial charge < -0.3 is 4.42 Å². The lowest BCUT2D eigenvalue weighted by Gasteiger charge is -2.14. The quantitative estimate of drug-likeness (QED) is 0.720. The summed E-state index contributed by atoms with van der Waals surface area (Å²) in [6.45, 7) is 0. The van der Waals surface area contributed by atoms with E-state index in [9.17, 15) is 13.7 Å². The summed E-state index contributed by atoms with van der Waals surface area (Å²) in [6.07, 6.45) is 0. The van der Waals surface area contributed by atoms with Gasteiger partial charge in [0.2, 0.25) is 17.5 Å². The van der Waals surface area contributed by atoms with Gasteiger partial charge in [-0.15, -0.1) is 22.7 Å². The van der Waals surface area contributed by atoms with Crippen molar-refractivity contribution in [2.45, 2.75) is 4.21 Å². The topological polar surface area (TPSA) is 87.2 Å². The molecule has 0 aliphatic rings. The van der Waals surface area contributed by atoms with Gasteiger partial charge in [0, 0.05) is 7.05 Å². The Balaban J connectivity index is 2.07. The lowest BCUT2D eigenvalue weighted by Crippen LogP contribution is -2.26. The van der Waals surface area contributed by atoms with Gasteiger partial charge in [0.25, 0.3) is 10.0 Å². The molecule has 0 aliphatic carbocycles. The minimum atomic E-state index is -3.77. The minimum absolute atomic E-state index is 0.0639. The van der Waals surface area contributed by atoms with E-state index < -0.39 is 10.0 Å². The van der Waals surface area contributed by atoms with Gasteiger partial charge in [0.1, 0.15) is 10.3 Å². The van der Waals surface area contributed by atoms with Crippen molar-refractivity contribution in [2.24, 2.45) is 0 Å². The van der Waals surface area contributed by atoms with Gasteiger partial charge in [0.05, 0.1) is 4.88 Å². The number of aromatic nitrogens is 1. The number of sulfonamides is 1.